The lowest BCUT2D eigenvalue weighted by Crippen LogP contribution is -2.42. The zero-order chi connectivity index (χ0) is 26.9. The van der Waals surface area contributed by atoms with E-state index in [1.54, 1.807) is 51.1 Å². The molecule has 0 unspecified atom stereocenters. The molecule has 38 heavy (non-hydrogen) atoms. The molecular weight excluding hydrogens is 538 g/mol. The second-order valence-corrected chi connectivity index (χ2v) is 12.6. The summed E-state index contributed by atoms with van der Waals surface area (Å²) < 4.78 is 1.78. The molecule has 10 heteroatoms. The van der Waals surface area contributed by atoms with E-state index in [0.29, 0.717) is 17.4 Å². The number of hydrogen-bond acceptors (Lipinski definition) is 6. The summed E-state index contributed by atoms with van der Waals surface area (Å²) in [6, 6.07) is 15.2. The second-order valence-electron chi connectivity index (χ2n) is 10.0. The van der Waals surface area contributed by atoms with Crippen molar-refractivity contribution in [3.05, 3.63) is 93.0 Å². The number of hydrogen-bond donors (Lipinski definition) is 1. The number of nitrogens with zero attached hydrogens (tertiary/aromatic N) is 4. The van der Waals surface area contributed by atoms with Gasteiger partial charge in [0, 0.05) is 39.8 Å². The van der Waals surface area contributed by atoms with Crippen molar-refractivity contribution in [1.29, 1.82) is 0 Å². The fourth-order valence-corrected chi connectivity index (χ4v) is 6.79. The van der Waals surface area contributed by atoms with Crippen molar-refractivity contribution < 1.29 is 9.59 Å². The van der Waals surface area contributed by atoms with Crippen molar-refractivity contribution in [3.8, 4) is 5.69 Å². The molecule has 0 aliphatic carbocycles. The molecule has 0 radical (unpaired) electrons. The number of rotatable bonds is 6. The van der Waals surface area contributed by atoms with Crippen LogP contribution in [0.2, 0.25) is 5.02 Å². The number of amides is 2. The molecule has 1 N–H and O–H groups in total. The number of fused-ring (bicyclic) bond motifs is 1. The lowest BCUT2D eigenvalue weighted by atomic mass is 9.88. The van der Waals surface area contributed by atoms with Gasteiger partial charge in [0.25, 0.3) is 0 Å². The largest absolute Gasteiger partial charge is 0.350 e. The van der Waals surface area contributed by atoms with E-state index in [4.69, 9.17) is 16.7 Å². The third kappa shape index (κ3) is 5.50. The van der Waals surface area contributed by atoms with Gasteiger partial charge in [-0.15, -0.1) is 23.1 Å². The summed E-state index contributed by atoms with van der Waals surface area (Å²) in [6.07, 6.45) is 3.37. The second kappa shape index (κ2) is 10.9. The first-order valence-electron chi connectivity index (χ1n) is 12.2. The van der Waals surface area contributed by atoms with Gasteiger partial charge < -0.3 is 5.32 Å². The molecule has 5 rings (SSSR count). The molecular formula is C28H28ClN5O2S2. The van der Waals surface area contributed by atoms with E-state index < -0.39 is 0 Å². The van der Waals surface area contributed by atoms with Crippen molar-refractivity contribution in [2.75, 3.05) is 17.2 Å². The number of nitrogens with one attached hydrogen (secondary N) is 1. The van der Waals surface area contributed by atoms with Gasteiger partial charge in [-0.1, -0.05) is 44.5 Å². The van der Waals surface area contributed by atoms with Gasteiger partial charge >= 0.3 is 0 Å². The Labute approximate surface area is 235 Å². The van der Waals surface area contributed by atoms with Gasteiger partial charge in [0.1, 0.15) is 12.4 Å². The lowest BCUT2D eigenvalue weighted by Gasteiger charge is -2.24. The first kappa shape index (κ1) is 26.5. The fraction of sp³-hybridized carbons (Fsp3) is 0.286. The van der Waals surface area contributed by atoms with Crippen LogP contribution in [0.1, 0.15) is 47.7 Å². The maximum atomic E-state index is 13.7. The Morgan fingerprint density at radius 3 is 2.63 bits per heavy atom. The molecule has 1 aromatic carbocycles. The minimum absolute atomic E-state index is 0.0963. The molecule has 4 heterocycles. The Hall–Kier alpha value is -3.14. The van der Waals surface area contributed by atoms with Crippen LogP contribution in [-0.2, 0) is 21.5 Å². The van der Waals surface area contributed by atoms with Crippen LogP contribution >= 0.6 is 34.7 Å². The van der Waals surface area contributed by atoms with E-state index in [0.717, 1.165) is 27.4 Å². The molecule has 0 fully saturated rings. The summed E-state index contributed by atoms with van der Waals surface area (Å²) in [5.41, 5.74) is 3.19. The molecule has 1 atom stereocenters. The predicted octanol–water partition coefficient (Wildman–Crippen LogP) is 5.77. The third-order valence-electron chi connectivity index (χ3n) is 6.19. The van der Waals surface area contributed by atoms with Gasteiger partial charge in [-0.2, -0.15) is 5.10 Å². The number of thiophene rings is 1. The van der Waals surface area contributed by atoms with Gasteiger partial charge in [0.2, 0.25) is 11.8 Å². The van der Waals surface area contributed by atoms with Crippen molar-refractivity contribution in [3.63, 3.8) is 0 Å². The van der Waals surface area contributed by atoms with Crippen LogP contribution in [0.5, 0.6) is 0 Å². The van der Waals surface area contributed by atoms with Crippen LogP contribution in [0.4, 0.5) is 5.82 Å². The van der Waals surface area contributed by atoms with Crippen LogP contribution in [0.15, 0.2) is 66.3 Å². The first-order chi connectivity index (χ1) is 18.2. The van der Waals surface area contributed by atoms with Crippen LogP contribution < -0.4 is 10.2 Å². The van der Waals surface area contributed by atoms with E-state index in [-0.39, 0.29) is 34.8 Å². The number of pyridine rings is 1. The number of anilines is 1. The minimum Gasteiger partial charge on any atom is -0.350 e. The highest BCUT2D eigenvalue weighted by molar-refractivity contribution is 8.00. The van der Waals surface area contributed by atoms with Gasteiger partial charge in [-0.3, -0.25) is 19.5 Å². The number of thioether (sulfide) groups is 1. The summed E-state index contributed by atoms with van der Waals surface area (Å²) in [7, 11) is 0. The molecule has 1 aliphatic heterocycles. The average molecular weight is 566 g/mol. The van der Waals surface area contributed by atoms with Gasteiger partial charge in [-0.25, -0.2) is 4.68 Å². The highest BCUT2D eigenvalue weighted by atomic mass is 35.5. The number of benzene rings is 1. The zero-order valence-corrected chi connectivity index (χ0v) is 23.7. The van der Waals surface area contributed by atoms with E-state index >= 15 is 0 Å². The van der Waals surface area contributed by atoms with E-state index in [1.807, 2.05) is 41.8 Å². The quantitative estimate of drug-likeness (QED) is 0.321. The summed E-state index contributed by atoms with van der Waals surface area (Å²) in [4.78, 5) is 33.6. The summed E-state index contributed by atoms with van der Waals surface area (Å²) in [5.74, 6) is 0.466. The SMILES string of the molecule is CC(C)(C)c1nn(-c2cccc(Cl)c2)c2c1[C@@H](c1cccs1)SCC(=O)N2CC(=O)NCc1ccncc1. The topological polar surface area (TPSA) is 80.1 Å². The Kier molecular flexibility index (Phi) is 7.61. The monoisotopic (exact) mass is 565 g/mol. The molecule has 3 aromatic heterocycles. The summed E-state index contributed by atoms with van der Waals surface area (Å²) in [5, 5.41) is 10.5. The van der Waals surface area contributed by atoms with Crippen molar-refractivity contribution in [1.82, 2.24) is 20.1 Å². The summed E-state index contributed by atoms with van der Waals surface area (Å²) in [6.45, 7) is 6.58. The standard InChI is InChI=1S/C28H28ClN5O2S2/c1-28(2,3)26-24-25(21-8-5-13-37-21)38-17-23(36)33(16-22(35)31-15-18-9-11-30-12-10-18)27(24)34(32-26)20-7-4-6-19(29)14-20/h4-14,25H,15-17H2,1-3H3,(H,31,35)/t25-/m1/s1. The molecule has 0 spiro atoms. The fourth-order valence-electron chi connectivity index (χ4n) is 4.43. The molecule has 196 valence electrons. The van der Waals surface area contributed by atoms with E-state index in [1.165, 1.54) is 0 Å². The highest BCUT2D eigenvalue weighted by Gasteiger charge is 2.40. The molecule has 0 saturated heterocycles. The van der Waals surface area contributed by atoms with Gasteiger partial charge in [0.15, 0.2) is 0 Å². The number of aromatic nitrogens is 3. The van der Waals surface area contributed by atoms with Crippen molar-refractivity contribution in [2.45, 2.75) is 38.0 Å². The minimum atomic E-state index is -0.313. The van der Waals surface area contributed by atoms with Gasteiger partial charge in [-0.05, 0) is 47.3 Å². The molecule has 2 amide bonds. The zero-order valence-electron chi connectivity index (χ0n) is 21.3. The molecule has 0 saturated carbocycles. The van der Waals surface area contributed by atoms with Crippen LogP contribution in [0.3, 0.4) is 0 Å². The maximum Gasteiger partial charge on any atom is 0.240 e. The Balaban J connectivity index is 1.63. The molecule has 0 bridgehead atoms. The van der Waals surface area contributed by atoms with E-state index in [2.05, 4.69) is 37.1 Å². The lowest BCUT2D eigenvalue weighted by molar-refractivity contribution is -0.123. The number of halogens is 1. The van der Waals surface area contributed by atoms with E-state index in [9.17, 15) is 9.59 Å². The van der Waals surface area contributed by atoms with Crippen LogP contribution in [0.25, 0.3) is 5.69 Å². The van der Waals surface area contributed by atoms with Crippen molar-refractivity contribution in [2.24, 2.45) is 0 Å². The molecule has 7 nitrogen and oxygen atoms in total. The van der Waals surface area contributed by atoms with Gasteiger partial charge in [0.05, 0.1) is 22.4 Å². The smallest absolute Gasteiger partial charge is 0.240 e. The normalized spacial score (nSPS) is 15.7. The Bertz CT molecular complexity index is 1450. The van der Waals surface area contributed by atoms with Crippen LogP contribution in [0, 0.1) is 0 Å². The summed E-state index contributed by atoms with van der Waals surface area (Å²) >= 11 is 9.61. The molecule has 1 aliphatic rings. The van der Waals surface area contributed by atoms with Crippen molar-refractivity contribution >= 4 is 52.3 Å². The molecule has 4 aromatic rings. The average Bonchev–Trinajstić information content (AvgIpc) is 3.53. The highest BCUT2D eigenvalue weighted by Crippen LogP contribution is 2.49. The predicted molar refractivity (Wildman–Crippen MR) is 154 cm³/mol. The third-order valence-corrected chi connectivity index (χ3v) is 8.75. The Morgan fingerprint density at radius 2 is 1.95 bits per heavy atom. The first-order valence-corrected chi connectivity index (χ1v) is 14.5. The Morgan fingerprint density at radius 1 is 1.16 bits per heavy atom. The maximum absolute atomic E-state index is 13.7. The van der Waals surface area contributed by atoms with Crippen LogP contribution in [-0.4, -0.2) is 38.9 Å². The number of carbonyl (C=O) groups is 2. The number of carbonyl (C=O) groups excluding carboxylic acids is 2.